The zero-order valence-electron chi connectivity index (χ0n) is 20.3. The Morgan fingerprint density at radius 2 is 1.47 bits per heavy atom. The molecule has 0 saturated carbocycles. The van der Waals surface area contributed by atoms with Crippen molar-refractivity contribution in [3.05, 3.63) is 105 Å². The van der Waals surface area contributed by atoms with Gasteiger partial charge in [0.15, 0.2) is 0 Å². The monoisotopic (exact) mass is 520 g/mol. The molecular weight excluding hydrogens is 488 g/mol. The van der Waals surface area contributed by atoms with Crippen molar-refractivity contribution in [2.24, 2.45) is 0 Å². The summed E-state index contributed by atoms with van der Waals surface area (Å²) in [7, 11) is 0. The molecule has 0 aliphatic carbocycles. The number of halogens is 1. The van der Waals surface area contributed by atoms with Crippen molar-refractivity contribution in [2.45, 2.75) is 59.2 Å². The van der Waals surface area contributed by atoms with Crippen LogP contribution in [0.1, 0.15) is 41.7 Å². The molecule has 1 N–H and O–H groups in total. The molecule has 0 aliphatic rings. The third kappa shape index (κ3) is 7.56. The number of amides is 2. The van der Waals surface area contributed by atoms with Crippen molar-refractivity contribution in [1.82, 2.24) is 10.2 Å². The van der Waals surface area contributed by atoms with Crippen LogP contribution in [0.5, 0.6) is 0 Å². The quantitative estimate of drug-likeness (QED) is 0.389. The first-order chi connectivity index (χ1) is 16.2. The lowest BCUT2D eigenvalue weighted by Gasteiger charge is -2.32. The smallest absolute Gasteiger partial charge is 0.243 e. The Bertz CT molecular complexity index is 1090. The molecule has 2 amide bonds. The summed E-state index contributed by atoms with van der Waals surface area (Å²) in [5.74, 6) is -0.197. The summed E-state index contributed by atoms with van der Waals surface area (Å²) in [6.45, 7) is 8.31. The maximum absolute atomic E-state index is 13.8. The molecule has 0 radical (unpaired) electrons. The Hall–Kier alpha value is -2.92. The third-order valence-electron chi connectivity index (χ3n) is 5.61. The van der Waals surface area contributed by atoms with Crippen molar-refractivity contribution >= 4 is 27.7 Å². The molecule has 0 heterocycles. The van der Waals surface area contributed by atoms with Crippen LogP contribution in [0.4, 0.5) is 0 Å². The summed E-state index contributed by atoms with van der Waals surface area (Å²) >= 11 is 3.48. The normalized spacial score (nSPS) is 11.8. The van der Waals surface area contributed by atoms with Crippen LogP contribution in [-0.2, 0) is 29.0 Å². The van der Waals surface area contributed by atoms with Gasteiger partial charge in [0.25, 0.3) is 0 Å². The van der Waals surface area contributed by atoms with Crippen molar-refractivity contribution < 1.29 is 9.59 Å². The standard InChI is InChI=1S/C29H33BrN2O2/c1-20(2)31-29(34)27(17-23-8-6-5-7-9-23)32(19-24-10-12-26(30)13-11-24)28(33)18-25-15-21(3)14-22(4)16-25/h5-16,20,27H,17-19H2,1-4H3,(H,31,34). The molecule has 3 rings (SSSR count). The van der Waals surface area contributed by atoms with Gasteiger partial charge in [0.05, 0.1) is 6.42 Å². The molecule has 178 valence electrons. The van der Waals surface area contributed by atoms with Gasteiger partial charge in [-0.3, -0.25) is 9.59 Å². The highest BCUT2D eigenvalue weighted by atomic mass is 79.9. The highest BCUT2D eigenvalue weighted by molar-refractivity contribution is 9.10. The molecule has 0 aromatic heterocycles. The lowest BCUT2D eigenvalue weighted by Crippen LogP contribution is -2.52. The minimum Gasteiger partial charge on any atom is -0.352 e. The number of carbonyl (C=O) groups is 2. The van der Waals surface area contributed by atoms with E-state index >= 15 is 0 Å². The van der Waals surface area contributed by atoms with Gasteiger partial charge in [0, 0.05) is 23.5 Å². The molecule has 0 bridgehead atoms. The van der Waals surface area contributed by atoms with Gasteiger partial charge >= 0.3 is 0 Å². The Labute approximate surface area is 211 Å². The molecule has 4 nitrogen and oxygen atoms in total. The first-order valence-corrected chi connectivity index (χ1v) is 12.5. The summed E-state index contributed by atoms with van der Waals surface area (Å²) in [6, 6.07) is 23.3. The van der Waals surface area contributed by atoms with Gasteiger partial charge in [-0.2, -0.15) is 0 Å². The first-order valence-electron chi connectivity index (χ1n) is 11.7. The van der Waals surface area contributed by atoms with E-state index in [1.807, 2.05) is 94.4 Å². The molecule has 5 heteroatoms. The fraction of sp³-hybridized carbons (Fsp3) is 0.310. The van der Waals surface area contributed by atoms with Crippen LogP contribution < -0.4 is 5.32 Å². The predicted molar refractivity (Wildman–Crippen MR) is 142 cm³/mol. The number of hydrogen-bond acceptors (Lipinski definition) is 2. The van der Waals surface area contributed by atoms with Crippen molar-refractivity contribution in [2.75, 3.05) is 0 Å². The second-order valence-corrected chi connectivity index (χ2v) is 10.1. The van der Waals surface area contributed by atoms with E-state index in [0.717, 1.165) is 32.3 Å². The molecule has 0 saturated heterocycles. The van der Waals surface area contributed by atoms with E-state index in [2.05, 4.69) is 27.3 Å². The average Bonchev–Trinajstić information content (AvgIpc) is 2.77. The number of benzene rings is 3. The van der Waals surface area contributed by atoms with Crippen LogP contribution in [0.25, 0.3) is 0 Å². The minimum absolute atomic E-state index is 0.0187. The number of carbonyl (C=O) groups excluding carboxylic acids is 2. The second kappa shape index (κ2) is 12.0. The van der Waals surface area contributed by atoms with E-state index < -0.39 is 6.04 Å². The zero-order chi connectivity index (χ0) is 24.7. The lowest BCUT2D eigenvalue weighted by atomic mass is 10.00. The molecule has 34 heavy (non-hydrogen) atoms. The zero-order valence-corrected chi connectivity index (χ0v) is 21.9. The maximum Gasteiger partial charge on any atom is 0.243 e. The average molecular weight is 521 g/mol. The number of aryl methyl sites for hydroxylation is 2. The minimum atomic E-state index is -0.619. The van der Waals surface area contributed by atoms with E-state index in [9.17, 15) is 9.59 Å². The van der Waals surface area contributed by atoms with E-state index in [0.29, 0.717) is 13.0 Å². The van der Waals surface area contributed by atoms with Crippen LogP contribution in [0, 0.1) is 13.8 Å². The Balaban J connectivity index is 1.98. The Kier molecular flexibility index (Phi) is 9.05. The number of nitrogens with one attached hydrogen (secondary N) is 1. The van der Waals surface area contributed by atoms with Crippen molar-refractivity contribution in [1.29, 1.82) is 0 Å². The molecule has 3 aromatic carbocycles. The van der Waals surface area contributed by atoms with E-state index in [1.165, 1.54) is 0 Å². The van der Waals surface area contributed by atoms with Gasteiger partial charge in [0.1, 0.15) is 6.04 Å². The maximum atomic E-state index is 13.8. The number of rotatable bonds is 9. The molecule has 1 atom stereocenters. The fourth-order valence-corrected chi connectivity index (χ4v) is 4.43. The van der Waals surface area contributed by atoms with Gasteiger partial charge in [-0.25, -0.2) is 0 Å². The molecule has 1 unspecified atom stereocenters. The number of hydrogen-bond donors (Lipinski definition) is 1. The first kappa shape index (κ1) is 25.7. The van der Waals surface area contributed by atoms with E-state index in [1.54, 1.807) is 4.90 Å². The topological polar surface area (TPSA) is 49.4 Å². The highest BCUT2D eigenvalue weighted by Gasteiger charge is 2.30. The Morgan fingerprint density at radius 1 is 0.853 bits per heavy atom. The largest absolute Gasteiger partial charge is 0.352 e. The SMILES string of the molecule is Cc1cc(C)cc(CC(=O)N(Cc2ccc(Br)cc2)C(Cc2ccccc2)C(=O)NC(C)C)c1. The summed E-state index contributed by atoms with van der Waals surface area (Å²) in [6.07, 6.45) is 0.702. The van der Waals surface area contributed by atoms with Crippen LogP contribution in [0.15, 0.2) is 77.3 Å². The van der Waals surface area contributed by atoms with Gasteiger partial charge in [-0.05, 0) is 56.5 Å². The predicted octanol–water partition coefficient (Wildman–Crippen LogP) is 5.77. The summed E-state index contributed by atoms with van der Waals surface area (Å²) in [5.41, 5.74) is 5.21. The van der Waals surface area contributed by atoms with Crippen molar-refractivity contribution in [3.8, 4) is 0 Å². The lowest BCUT2D eigenvalue weighted by molar-refractivity contribution is -0.141. The molecule has 0 spiro atoms. The second-order valence-electron chi connectivity index (χ2n) is 9.19. The fourth-order valence-electron chi connectivity index (χ4n) is 4.17. The summed E-state index contributed by atoms with van der Waals surface area (Å²) in [5, 5.41) is 3.04. The van der Waals surface area contributed by atoms with E-state index in [-0.39, 0.29) is 24.3 Å². The van der Waals surface area contributed by atoms with Crippen molar-refractivity contribution in [3.63, 3.8) is 0 Å². The van der Waals surface area contributed by atoms with Crippen LogP contribution in [-0.4, -0.2) is 28.8 Å². The summed E-state index contributed by atoms with van der Waals surface area (Å²) in [4.78, 5) is 28.9. The van der Waals surface area contributed by atoms with Gasteiger partial charge in [-0.1, -0.05) is 87.7 Å². The van der Waals surface area contributed by atoms with Crippen LogP contribution in [0.2, 0.25) is 0 Å². The Morgan fingerprint density at radius 3 is 2.06 bits per heavy atom. The van der Waals surface area contributed by atoms with Gasteiger partial charge < -0.3 is 10.2 Å². The van der Waals surface area contributed by atoms with Gasteiger partial charge in [0.2, 0.25) is 11.8 Å². The highest BCUT2D eigenvalue weighted by Crippen LogP contribution is 2.19. The van der Waals surface area contributed by atoms with Crippen LogP contribution >= 0.6 is 15.9 Å². The molecular formula is C29H33BrN2O2. The molecule has 0 aliphatic heterocycles. The summed E-state index contributed by atoms with van der Waals surface area (Å²) < 4.78 is 0.975. The van der Waals surface area contributed by atoms with Gasteiger partial charge in [-0.15, -0.1) is 0 Å². The third-order valence-corrected chi connectivity index (χ3v) is 6.13. The number of nitrogens with zero attached hydrogens (tertiary/aromatic N) is 1. The molecule has 3 aromatic rings. The van der Waals surface area contributed by atoms with E-state index in [4.69, 9.17) is 0 Å². The van der Waals surface area contributed by atoms with Crippen LogP contribution in [0.3, 0.4) is 0 Å². The molecule has 0 fully saturated rings.